The average Bonchev–Trinajstić information content (AvgIpc) is 1.70. The van der Waals surface area contributed by atoms with Crippen molar-refractivity contribution in [3.63, 3.8) is 0 Å². The first-order chi connectivity index (χ1) is 60.8. The minimum Gasteiger partial charge on any atom is -0.504 e. The van der Waals surface area contributed by atoms with Crippen LogP contribution in [-0.4, -0.2) is 145 Å². The van der Waals surface area contributed by atoms with Gasteiger partial charge in [0, 0.05) is 80.0 Å². The number of hydrogen-bond acceptors (Lipinski definition) is 30. The zero-order valence-electron chi connectivity index (χ0n) is 71.7. The summed E-state index contributed by atoms with van der Waals surface area (Å²) in [5.74, 6) is -1.16. The second-order valence-corrected chi connectivity index (χ2v) is 44.0. The van der Waals surface area contributed by atoms with Gasteiger partial charge in [-0.05, 0) is 135 Å². The standard InChI is InChI=1S/C24H27ClN4O5S.C19H18ClN3O6S.C18H20ClN3O3S.C13H14ClN3O3S.C11H11Cl2NO3S/c1-3-24(11-5-6-12-24)28-19-18(21(31)22(19)32)27-17-10-9-16(25)23(20(17)30)35(33,34)29(2)14-15-8-4-7-13-26-15;1-3-29-18-14(16(25)17(18)26)22-13-8-7-12(20)19(15(13)24)30(27,28)23(2)10-11-6-4-5-9-21-11;1-18(2,3)17-21-14-9-8-13(19)16(15(14)25-17)26(23,24)22(4)11-12-7-5-6-10-20-12;1-17(8-9-4-2-3-7-16-9)21(19,20)13-10(14)5-6-11(15)12(13)18;1-11(2,3)10-14-7-5-4-6(12)9(8(7)17-10)18(13,15)16/h4,7-10,13,27-28,30H,3,5-6,11-12,14H2,1-2H3;4-9,22,24H,3,10H2,1-2H3;5-10H,11H2,1-4H3;2-7,18H,8,15H2,1H3;4-5H,1-3H3. The van der Waals surface area contributed by atoms with Gasteiger partial charge in [-0.2, -0.15) is 17.2 Å². The molecule has 0 aliphatic heterocycles. The predicted molar refractivity (Wildman–Crippen MR) is 499 cm³/mol. The van der Waals surface area contributed by atoms with Gasteiger partial charge in [-0.25, -0.2) is 52.1 Å². The molecule has 7 aromatic carbocycles. The summed E-state index contributed by atoms with van der Waals surface area (Å²) in [7, 11) is -9.42. The Morgan fingerprint density at radius 1 is 0.438 bits per heavy atom. The zero-order valence-corrected chi connectivity index (χ0v) is 80.3. The van der Waals surface area contributed by atoms with E-state index in [0.717, 1.165) is 45.0 Å². The maximum Gasteiger partial charge on any atom is 0.272 e. The number of pyridine rings is 4. The number of hydrogen-bond donors (Lipinski definition) is 7. The topological polar surface area (TPSA) is 488 Å². The van der Waals surface area contributed by atoms with Gasteiger partial charge in [-0.3, -0.25) is 39.1 Å². The molecule has 13 aromatic rings. The number of nitrogens with zero attached hydrogens (tertiary/aromatic N) is 10. The Hall–Kier alpha value is -10.5. The molecule has 692 valence electrons. The molecule has 0 spiro atoms. The van der Waals surface area contributed by atoms with Gasteiger partial charge in [0.25, 0.3) is 30.8 Å². The minimum absolute atomic E-state index is 0.00228. The fourth-order valence-corrected chi connectivity index (χ4v) is 21.6. The Labute approximate surface area is 779 Å². The molecule has 1 saturated carbocycles. The third-order valence-corrected chi connectivity index (χ3v) is 31.1. The number of nitrogen functional groups attached to an aromatic ring is 1. The lowest BCUT2D eigenvalue weighted by molar-refractivity contribution is 0.335. The molecule has 45 heteroatoms. The van der Waals surface area contributed by atoms with Crippen LogP contribution < -0.4 is 48.1 Å². The van der Waals surface area contributed by atoms with E-state index in [1.54, 1.807) is 104 Å². The maximum absolute atomic E-state index is 13.3. The molecule has 1 aliphatic rings. The molecule has 8 N–H and O–H groups in total. The fourth-order valence-electron chi connectivity index (χ4n) is 13.0. The number of benzene rings is 5. The summed E-state index contributed by atoms with van der Waals surface area (Å²) in [5.41, 5.74) is 4.75. The lowest BCUT2D eigenvalue weighted by atomic mass is 9.93. The third-order valence-electron chi connectivity index (χ3n) is 20.1. The van der Waals surface area contributed by atoms with Gasteiger partial charge < -0.3 is 50.6 Å². The summed E-state index contributed by atoms with van der Waals surface area (Å²) in [6, 6.07) is 34.9. The number of phenolic OH excluding ortho intramolecular Hbond substituents is 3. The predicted octanol–water partition coefficient (Wildman–Crippen LogP) is 15.3. The van der Waals surface area contributed by atoms with E-state index < -0.39 is 103 Å². The van der Waals surface area contributed by atoms with E-state index in [4.69, 9.17) is 88.0 Å². The van der Waals surface area contributed by atoms with Crippen LogP contribution in [0.5, 0.6) is 23.0 Å². The van der Waals surface area contributed by atoms with Crippen LogP contribution in [0.15, 0.2) is 211 Å². The van der Waals surface area contributed by atoms with E-state index in [9.17, 15) is 76.6 Å². The van der Waals surface area contributed by atoms with Crippen molar-refractivity contribution in [2.45, 2.75) is 155 Å². The lowest BCUT2D eigenvalue weighted by Crippen LogP contribution is -2.43. The van der Waals surface area contributed by atoms with Gasteiger partial charge in [-0.1, -0.05) is 144 Å². The first-order valence-electron chi connectivity index (χ1n) is 39.3. The summed E-state index contributed by atoms with van der Waals surface area (Å²) in [6.07, 6.45) is 10.9. The number of aromatic hydroxyl groups is 3. The molecular formula is C85H90Cl6N14O20S5. The van der Waals surface area contributed by atoms with Crippen LogP contribution in [0, 0.1) is 0 Å². The molecule has 0 atom stereocenters. The van der Waals surface area contributed by atoms with E-state index in [2.05, 4.69) is 45.9 Å². The highest BCUT2D eigenvalue weighted by Gasteiger charge is 2.39. The molecule has 6 heterocycles. The summed E-state index contributed by atoms with van der Waals surface area (Å²) < 4.78 is 148. The molecule has 0 saturated heterocycles. The number of phenols is 3. The quantitative estimate of drug-likeness (QED) is 0.0115. The SMILES string of the molecule is CC(C)(C)c1nc2ccc(Cl)c(S(=O)(=O)Cl)c2o1.CCC1(Nc2c(Nc3ccc(Cl)c(S(=O)(=O)N(C)Cc4ccccn4)c3O)c(=O)c2=O)CCCC1.CCOc1c(Nc2ccc(Cl)c(S(=O)(=O)N(C)Cc3ccccn3)c2O)c(=O)c1=O.CN(Cc1ccccn1)S(=O)(=O)c1c(Cl)ccc(N)c1O.CN(Cc1ccccn1)S(=O)(=O)c1c(Cl)ccc2nc(C(C)(C)C)oc12. The normalized spacial score (nSPS) is 13.2. The molecule has 0 radical (unpaired) electrons. The number of aromatic nitrogens is 6. The van der Waals surface area contributed by atoms with Crippen molar-refractivity contribution in [1.82, 2.24) is 47.1 Å². The van der Waals surface area contributed by atoms with Crippen LogP contribution in [0.4, 0.5) is 34.1 Å². The first-order valence-corrected chi connectivity index (χ1v) is 49.3. The van der Waals surface area contributed by atoms with Crippen LogP contribution in [-0.2, 0) is 86.2 Å². The van der Waals surface area contributed by atoms with Crippen molar-refractivity contribution >= 4 is 174 Å². The summed E-state index contributed by atoms with van der Waals surface area (Å²) in [5, 5.41) is 39.7. The number of nitrogens with one attached hydrogen (secondary N) is 3. The molecule has 34 nitrogen and oxygen atoms in total. The highest BCUT2D eigenvalue weighted by molar-refractivity contribution is 8.14. The highest BCUT2D eigenvalue weighted by Crippen LogP contribution is 2.45. The Morgan fingerprint density at radius 3 is 1.12 bits per heavy atom. The summed E-state index contributed by atoms with van der Waals surface area (Å²) in [6.45, 7) is 15.5. The Kier molecular flexibility index (Phi) is 32.2. The number of rotatable bonds is 26. The molecule has 6 aromatic heterocycles. The van der Waals surface area contributed by atoms with Gasteiger partial charge in [0.2, 0.25) is 51.9 Å². The average molecular weight is 2000 g/mol. The molecule has 130 heavy (non-hydrogen) atoms. The van der Waals surface area contributed by atoms with E-state index >= 15 is 0 Å². The number of ether oxygens (including phenoxy) is 1. The largest absolute Gasteiger partial charge is 0.504 e. The number of oxazole rings is 2. The monoisotopic (exact) mass is 2000 g/mol. The first kappa shape index (κ1) is 102. The number of anilines is 6. The van der Waals surface area contributed by atoms with Crippen LogP contribution >= 0.6 is 68.7 Å². The Balaban J connectivity index is 0.000000172. The van der Waals surface area contributed by atoms with Gasteiger partial charge >= 0.3 is 0 Å². The molecule has 0 amide bonds. The molecule has 1 fully saturated rings. The smallest absolute Gasteiger partial charge is 0.272 e. The Morgan fingerprint density at radius 2 is 0.762 bits per heavy atom. The van der Waals surface area contributed by atoms with Gasteiger partial charge in [0.05, 0.1) is 97.7 Å². The second kappa shape index (κ2) is 41.1. The van der Waals surface area contributed by atoms with Crippen molar-refractivity contribution in [2.75, 3.05) is 56.5 Å². The van der Waals surface area contributed by atoms with Crippen molar-refractivity contribution < 1.29 is 71.0 Å². The van der Waals surface area contributed by atoms with Crippen LogP contribution in [0.2, 0.25) is 25.1 Å². The zero-order chi connectivity index (χ0) is 95.9. The second-order valence-electron chi connectivity index (χ2n) is 31.5. The van der Waals surface area contributed by atoms with Gasteiger partial charge in [0.15, 0.2) is 34.2 Å². The third kappa shape index (κ3) is 22.8. The van der Waals surface area contributed by atoms with Crippen molar-refractivity contribution in [3.8, 4) is 23.0 Å². The van der Waals surface area contributed by atoms with E-state index in [1.807, 2.05) is 54.5 Å². The van der Waals surface area contributed by atoms with E-state index in [1.165, 1.54) is 87.2 Å². The van der Waals surface area contributed by atoms with E-state index in [-0.39, 0.29) is 135 Å². The fraction of sp³-hybridized carbons (Fsp3) is 0.294. The highest BCUT2D eigenvalue weighted by atomic mass is 35.7. The van der Waals surface area contributed by atoms with E-state index in [0.29, 0.717) is 45.6 Å². The minimum atomic E-state index is -4.23. The summed E-state index contributed by atoms with van der Waals surface area (Å²) in [4.78, 5) is 71.5. The molecule has 0 unspecified atom stereocenters. The number of fused-ring (bicyclic) bond motifs is 2. The van der Waals surface area contributed by atoms with Gasteiger partial charge in [-0.15, -0.1) is 0 Å². The number of sulfonamides is 4. The maximum atomic E-state index is 13.3. The van der Waals surface area contributed by atoms with Crippen molar-refractivity contribution in [2.24, 2.45) is 0 Å². The van der Waals surface area contributed by atoms with Crippen LogP contribution in [0.25, 0.3) is 22.2 Å². The molecular weight excluding hydrogens is 1910 g/mol. The van der Waals surface area contributed by atoms with Crippen LogP contribution in [0.3, 0.4) is 0 Å². The molecule has 0 bridgehead atoms. The van der Waals surface area contributed by atoms with Crippen molar-refractivity contribution in [1.29, 1.82) is 0 Å². The summed E-state index contributed by atoms with van der Waals surface area (Å²) >= 11 is 30.3. The Bertz CT molecular complexity index is 7110. The van der Waals surface area contributed by atoms with Gasteiger partial charge in [0.1, 0.15) is 52.6 Å². The van der Waals surface area contributed by atoms with Crippen molar-refractivity contribution in [3.05, 3.63) is 259 Å². The lowest BCUT2D eigenvalue weighted by Gasteiger charge is -2.31. The number of nitrogens with two attached hydrogens (primary N) is 1. The molecule has 1 aliphatic carbocycles. The molecule has 14 rings (SSSR count). The number of halogens is 6. The van der Waals surface area contributed by atoms with Crippen LogP contribution in [0.1, 0.15) is 122 Å².